The highest BCUT2D eigenvalue weighted by atomic mass is 14.9. The lowest BCUT2D eigenvalue weighted by atomic mass is 9.82. The van der Waals surface area contributed by atoms with Gasteiger partial charge in [-0.2, -0.15) is 0 Å². The van der Waals surface area contributed by atoms with Crippen molar-refractivity contribution in [1.29, 1.82) is 0 Å². The van der Waals surface area contributed by atoms with Crippen molar-refractivity contribution in [3.05, 3.63) is 28.8 Å². The molecule has 0 aliphatic carbocycles. The summed E-state index contributed by atoms with van der Waals surface area (Å²) < 4.78 is 0. The van der Waals surface area contributed by atoms with E-state index in [0.29, 0.717) is 6.04 Å². The smallest absolute Gasteiger partial charge is 0.0377 e. The van der Waals surface area contributed by atoms with Crippen LogP contribution in [0.1, 0.15) is 49.8 Å². The third-order valence-electron chi connectivity index (χ3n) is 4.35. The van der Waals surface area contributed by atoms with Crippen molar-refractivity contribution in [1.82, 2.24) is 0 Å². The van der Waals surface area contributed by atoms with Gasteiger partial charge in [0.2, 0.25) is 0 Å². The monoisotopic (exact) mass is 231 g/mol. The van der Waals surface area contributed by atoms with Gasteiger partial charge in [-0.15, -0.1) is 0 Å². The van der Waals surface area contributed by atoms with E-state index in [4.69, 9.17) is 0 Å². The topological polar surface area (TPSA) is 12.0 Å². The van der Waals surface area contributed by atoms with E-state index in [1.807, 2.05) is 0 Å². The van der Waals surface area contributed by atoms with E-state index in [9.17, 15) is 0 Å². The number of anilines is 1. The molecule has 2 atom stereocenters. The van der Waals surface area contributed by atoms with Crippen molar-refractivity contribution in [2.24, 2.45) is 5.92 Å². The second-order valence-corrected chi connectivity index (χ2v) is 5.57. The van der Waals surface area contributed by atoms with Crippen LogP contribution in [0.2, 0.25) is 0 Å². The molecule has 1 heterocycles. The van der Waals surface area contributed by atoms with E-state index in [0.717, 1.165) is 5.92 Å². The van der Waals surface area contributed by atoms with Crippen molar-refractivity contribution in [2.75, 3.05) is 5.32 Å². The summed E-state index contributed by atoms with van der Waals surface area (Å²) in [6, 6.07) is 5.11. The summed E-state index contributed by atoms with van der Waals surface area (Å²) >= 11 is 0. The van der Waals surface area contributed by atoms with Gasteiger partial charge >= 0.3 is 0 Å². The Balaban J connectivity index is 2.23. The fraction of sp³-hybridized carbons (Fsp3) is 0.625. The first-order chi connectivity index (χ1) is 8.13. The molecule has 94 valence electrons. The molecule has 0 spiro atoms. The van der Waals surface area contributed by atoms with Crippen LogP contribution in [0, 0.1) is 19.8 Å². The molecule has 1 aliphatic rings. The van der Waals surface area contributed by atoms with E-state index < -0.39 is 0 Å². The van der Waals surface area contributed by atoms with Crippen LogP contribution in [0.3, 0.4) is 0 Å². The predicted molar refractivity (Wildman–Crippen MR) is 75.7 cm³/mol. The number of hydrogen-bond acceptors (Lipinski definition) is 1. The average Bonchev–Trinajstić information content (AvgIpc) is 2.32. The maximum atomic E-state index is 3.69. The highest BCUT2D eigenvalue weighted by Crippen LogP contribution is 2.34. The lowest BCUT2D eigenvalue weighted by Crippen LogP contribution is -2.33. The van der Waals surface area contributed by atoms with Gasteiger partial charge in [-0.05, 0) is 62.3 Å². The van der Waals surface area contributed by atoms with Crippen LogP contribution in [0.4, 0.5) is 5.69 Å². The number of hydrogen-bond donors (Lipinski definition) is 1. The maximum absolute atomic E-state index is 3.69. The van der Waals surface area contributed by atoms with Gasteiger partial charge in [-0.1, -0.05) is 25.8 Å². The van der Waals surface area contributed by atoms with Gasteiger partial charge < -0.3 is 5.32 Å². The van der Waals surface area contributed by atoms with Gasteiger partial charge in [-0.3, -0.25) is 0 Å². The lowest BCUT2D eigenvalue weighted by molar-refractivity contribution is 0.404. The summed E-state index contributed by atoms with van der Waals surface area (Å²) in [6.07, 6.45) is 5.29. The Hall–Kier alpha value is -0.980. The van der Waals surface area contributed by atoms with Gasteiger partial charge in [0.05, 0.1) is 0 Å². The molecule has 0 saturated carbocycles. The molecule has 0 aromatic heterocycles. The van der Waals surface area contributed by atoms with Crippen LogP contribution in [0.15, 0.2) is 12.1 Å². The molecule has 2 unspecified atom stereocenters. The van der Waals surface area contributed by atoms with Crippen molar-refractivity contribution < 1.29 is 0 Å². The largest absolute Gasteiger partial charge is 0.382 e. The molecular weight excluding hydrogens is 206 g/mol. The first-order valence-electron chi connectivity index (χ1n) is 6.99. The average molecular weight is 231 g/mol. The van der Waals surface area contributed by atoms with Gasteiger partial charge in [0.1, 0.15) is 0 Å². The number of fused-ring (bicyclic) bond motifs is 1. The zero-order valence-corrected chi connectivity index (χ0v) is 11.6. The lowest BCUT2D eigenvalue weighted by Gasteiger charge is -2.34. The second kappa shape index (κ2) is 5.12. The summed E-state index contributed by atoms with van der Waals surface area (Å²) in [4.78, 5) is 0. The Morgan fingerprint density at radius 2 is 2.06 bits per heavy atom. The van der Waals surface area contributed by atoms with E-state index in [-0.39, 0.29) is 0 Å². The van der Waals surface area contributed by atoms with Gasteiger partial charge in [0.25, 0.3) is 0 Å². The summed E-state index contributed by atoms with van der Waals surface area (Å²) in [5.74, 6) is 0.808. The molecule has 0 amide bonds. The molecule has 1 N–H and O–H groups in total. The van der Waals surface area contributed by atoms with Crippen molar-refractivity contribution in [2.45, 2.75) is 59.4 Å². The SMILES string of the molecule is CCCCC1Cc2c(ccc(C)c2C)NC1C. The summed E-state index contributed by atoms with van der Waals surface area (Å²) in [6.45, 7) is 9.10. The normalized spacial score (nSPS) is 23.1. The first kappa shape index (κ1) is 12.5. The Kier molecular flexibility index (Phi) is 3.76. The summed E-state index contributed by atoms with van der Waals surface area (Å²) in [5.41, 5.74) is 5.84. The minimum absolute atomic E-state index is 0.621. The van der Waals surface area contributed by atoms with Crippen LogP contribution in [-0.2, 0) is 6.42 Å². The number of unbranched alkanes of at least 4 members (excludes halogenated alkanes) is 1. The standard InChI is InChI=1S/C16H25N/c1-5-6-7-14-10-15-12(3)11(2)8-9-16(15)17-13(14)4/h8-9,13-14,17H,5-7,10H2,1-4H3. The highest BCUT2D eigenvalue weighted by Gasteiger charge is 2.25. The zero-order valence-electron chi connectivity index (χ0n) is 11.6. The molecule has 0 bridgehead atoms. The Morgan fingerprint density at radius 1 is 1.29 bits per heavy atom. The fourth-order valence-electron chi connectivity index (χ4n) is 2.89. The van der Waals surface area contributed by atoms with E-state index in [2.05, 4.69) is 45.1 Å². The Labute approximate surface area is 106 Å². The quantitative estimate of drug-likeness (QED) is 0.809. The van der Waals surface area contributed by atoms with Gasteiger partial charge in [-0.25, -0.2) is 0 Å². The molecular formula is C16H25N. The fourth-order valence-corrected chi connectivity index (χ4v) is 2.89. The van der Waals surface area contributed by atoms with Gasteiger partial charge in [0, 0.05) is 11.7 Å². The van der Waals surface area contributed by atoms with E-state index in [1.165, 1.54) is 42.5 Å². The molecule has 1 nitrogen and oxygen atoms in total. The van der Waals surface area contributed by atoms with E-state index >= 15 is 0 Å². The molecule has 1 heteroatoms. The minimum atomic E-state index is 0.621. The third kappa shape index (κ3) is 2.48. The van der Waals surface area contributed by atoms with Crippen LogP contribution in [-0.4, -0.2) is 6.04 Å². The van der Waals surface area contributed by atoms with Crippen molar-refractivity contribution >= 4 is 5.69 Å². The maximum Gasteiger partial charge on any atom is 0.0377 e. The Morgan fingerprint density at radius 3 is 2.76 bits per heavy atom. The number of nitrogens with one attached hydrogen (secondary N) is 1. The van der Waals surface area contributed by atoms with Crippen molar-refractivity contribution in [3.63, 3.8) is 0 Å². The molecule has 0 radical (unpaired) electrons. The van der Waals surface area contributed by atoms with Gasteiger partial charge in [0.15, 0.2) is 0 Å². The van der Waals surface area contributed by atoms with Crippen LogP contribution in [0.25, 0.3) is 0 Å². The number of rotatable bonds is 3. The number of aryl methyl sites for hydroxylation is 1. The summed E-state index contributed by atoms with van der Waals surface area (Å²) in [7, 11) is 0. The van der Waals surface area contributed by atoms with Crippen LogP contribution >= 0.6 is 0 Å². The molecule has 1 aromatic rings. The second-order valence-electron chi connectivity index (χ2n) is 5.57. The molecule has 0 saturated heterocycles. The van der Waals surface area contributed by atoms with E-state index in [1.54, 1.807) is 5.56 Å². The van der Waals surface area contributed by atoms with Crippen LogP contribution < -0.4 is 5.32 Å². The highest BCUT2D eigenvalue weighted by molar-refractivity contribution is 5.59. The molecule has 17 heavy (non-hydrogen) atoms. The molecule has 2 rings (SSSR count). The number of benzene rings is 1. The minimum Gasteiger partial charge on any atom is -0.382 e. The summed E-state index contributed by atoms with van der Waals surface area (Å²) in [5, 5.41) is 3.69. The van der Waals surface area contributed by atoms with Crippen LogP contribution in [0.5, 0.6) is 0 Å². The molecule has 1 aliphatic heterocycles. The van der Waals surface area contributed by atoms with Crippen molar-refractivity contribution in [3.8, 4) is 0 Å². The third-order valence-corrected chi connectivity index (χ3v) is 4.35. The Bertz CT molecular complexity index is 395. The molecule has 1 aromatic carbocycles. The first-order valence-corrected chi connectivity index (χ1v) is 6.99. The predicted octanol–water partition coefficient (Wildman–Crippen LogP) is 4.47. The zero-order chi connectivity index (χ0) is 12.4. The molecule has 0 fully saturated rings.